The lowest BCUT2D eigenvalue weighted by Crippen LogP contribution is -2.24. The Morgan fingerprint density at radius 2 is 1.83 bits per heavy atom. The average Bonchev–Trinajstić information content (AvgIpc) is 2.40. The van der Waals surface area contributed by atoms with Gasteiger partial charge < -0.3 is 10.5 Å². The van der Waals surface area contributed by atoms with Crippen molar-refractivity contribution in [3.63, 3.8) is 0 Å². The number of hydrogen-bond acceptors (Lipinski definition) is 3. The maximum atomic E-state index is 11.9. The Balaban J connectivity index is 1.86. The monoisotopic (exact) mass is 247 g/mol. The zero-order valence-electron chi connectivity index (χ0n) is 10.9. The van der Waals surface area contributed by atoms with Crippen molar-refractivity contribution in [3.8, 4) is 0 Å². The van der Waals surface area contributed by atoms with Gasteiger partial charge in [0.15, 0.2) is 0 Å². The topological polar surface area (TPSA) is 52.3 Å². The van der Waals surface area contributed by atoms with Crippen molar-refractivity contribution in [2.45, 2.75) is 45.1 Å². The first-order valence-electron chi connectivity index (χ1n) is 6.75. The maximum absolute atomic E-state index is 11.9. The van der Waals surface area contributed by atoms with Gasteiger partial charge in [-0.2, -0.15) is 0 Å². The number of carbonyl (C=O) groups is 1. The van der Waals surface area contributed by atoms with Crippen molar-refractivity contribution in [3.05, 3.63) is 29.8 Å². The molecule has 0 aliphatic heterocycles. The average molecular weight is 247 g/mol. The highest BCUT2D eigenvalue weighted by Crippen LogP contribution is 2.28. The van der Waals surface area contributed by atoms with E-state index in [1.165, 1.54) is 19.3 Å². The third-order valence-corrected chi connectivity index (χ3v) is 3.79. The molecule has 0 aromatic heterocycles. The van der Waals surface area contributed by atoms with Gasteiger partial charge in [-0.05, 0) is 55.9 Å². The molecule has 2 rings (SSSR count). The molecule has 3 heteroatoms. The minimum atomic E-state index is -0.227. The molecule has 1 aliphatic carbocycles. The minimum Gasteiger partial charge on any atom is -0.459 e. The molecule has 0 saturated heterocycles. The molecule has 18 heavy (non-hydrogen) atoms. The number of carbonyl (C=O) groups excluding carboxylic acids is 1. The number of benzene rings is 1. The number of ether oxygens (including phenoxy) is 1. The summed E-state index contributed by atoms with van der Waals surface area (Å²) in [6.45, 7) is 2.23. The summed E-state index contributed by atoms with van der Waals surface area (Å²) < 4.78 is 5.53. The van der Waals surface area contributed by atoms with E-state index >= 15 is 0 Å². The van der Waals surface area contributed by atoms with Gasteiger partial charge in [0, 0.05) is 5.69 Å². The lowest BCUT2D eigenvalue weighted by molar-refractivity contribution is 0.0164. The van der Waals surface area contributed by atoms with Crippen LogP contribution in [-0.4, -0.2) is 12.1 Å². The van der Waals surface area contributed by atoms with Crippen molar-refractivity contribution in [1.29, 1.82) is 0 Å². The summed E-state index contributed by atoms with van der Waals surface area (Å²) in [6, 6.07) is 6.89. The zero-order chi connectivity index (χ0) is 13.0. The van der Waals surface area contributed by atoms with Crippen molar-refractivity contribution >= 4 is 11.7 Å². The molecule has 0 atom stereocenters. The number of nitrogens with two attached hydrogens (primary N) is 1. The van der Waals surface area contributed by atoms with E-state index in [0.717, 1.165) is 18.8 Å². The Bertz CT molecular complexity index is 391. The van der Waals surface area contributed by atoms with Gasteiger partial charge in [-0.3, -0.25) is 0 Å². The van der Waals surface area contributed by atoms with Crippen molar-refractivity contribution < 1.29 is 9.53 Å². The summed E-state index contributed by atoms with van der Waals surface area (Å²) in [5, 5.41) is 0. The quantitative estimate of drug-likeness (QED) is 0.658. The summed E-state index contributed by atoms with van der Waals surface area (Å²) in [4.78, 5) is 11.9. The fourth-order valence-corrected chi connectivity index (χ4v) is 2.50. The number of nitrogen functional groups attached to an aromatic ring is 1. The SMILES string of the molecule is CCC1CCC(OC(=O)c2ccc(N)cc2)CC1. The summed E-state index contributed by atoms with van der Waals surface area (Å²) in [7, 11) is 0. The first-order valence-corrected chi connectivity index (χ1v) is 6.75. The molecular weight excluding hydrogens is 226 g/mol. The van der Waals surface area contributed by atoms with Gasteiger partial charge in [0.25, 0.3) is 0 Å². The zero-order valence-corrected chi connectivity index (χ0v) is 10.9. The van der Waals surface area contributed by atoms with Crippen LogP contribution < -0.4 is 5.73 Å². The van der Waals surface area contributed by atoms with E-state index in [9.17, 15) is 4.79 Å². The molecule has 98 valence electrons. The Labute approximate surface area is 108 Å². The van der Waals surface area contributed by atoms with Gasteiger partial charge >= 0.3 is 5.97 Å². The summed E-state index contributed by atoms with van der Waals surface area (Å²) >= 11 is 0. The Morgan fingerprint density at radius 3 is 2.39 bits per heavy atom. The summed E-state index contributed by atoms with van der Waals surface area (Å²) in [6.07, 6.45) is 5.68. The van der Waals surface area contributed by atoms with E-state index in [1.807, 2.05) is 0 Å². The van der Waals surface area contributed by atoms with Gasteiger partial charge in [-0.25, -0.2) is 4.79 Å². The van der Waals surface area contributed by atoms with Gasteiger partial charge in [0.2, 0.25) is 0 Å². The van der Waals surface area contributed by atoms with E-state index in [4.69, 9.17) is 10.5 Å². The van der Waals surface area contributed by atoms with Crippen LogP contribution in [0.2, 0.25) is 0 Å². The number of esters is 1. The lowest BCUT2D eigenvalue weighted by atomic mass is 9.86. The van der Waals surface area contributed by atoms with Gasteiger partial charge in [-0.1, -0.05) is 13.3 Å². The van der Waals surface area contributed by atoms with Gasteiger partial charge in [-0.15, -0.1) is 0 Å². The Morgan fingerprint density at radius 1 is 1.22 bits per heavy atom. The van der Waals surface area contributed by atoms with Gasteiger partial charge in [0.1, 0.15) is 6.10 Å². The molecule has 2 N–H and O–H groups in total. The van der Waals surface area contributed by atoms with Crippen LogP contribution in [0.5, 0.6) is 0 Å². The highest BCUT2D eigenvalue weighted by molar-refractivity contribution is 5.89. The Hall–Kier alpha value is -1.51. The van der Waals surface area contributed by atoms with Crippen LogP contribution in [0.4, 0.5) is 5.69 Å². The molecule has 0 radical (unpaired) electrons. The van der Waals surface area contributed by atoms with Crippen LogP contribution in [-0.2, 0) is 4.74 Å². The minimum absolute atomic E-state index is 0.0952. The molecule has 0 spiro atoms. The molecule has 1 fully saturated rings. The molecule has 1 aromatic carbocycles. The molecule has 0 amide bonds. The van der Waals surface area contributed by atoms with Crippen LogP contribution in [0.1, 0.15) is 49.4 Å². The maximum Gasteiger partial charge on any atom is 0.338 e. The molecule has 1 saturated carbocycles. The third-order valence-electron chi connectivity index (χ3n) is 3.79. The lowest BCUT2D eigenvalue weighted by Gasteiger charge is -2.27. The van der Waals surface area contributed by atoms with Crippen LogP contribution in [0.3, 0.4) is 0 Å². The number of anilines is 1. The summed E-state index contributed by atoms with van der Waals surface area (Å²) in [5.74, 6) is 0.589. The van der Waals surface area contributed by atoms with Crippen LogP contribution in [0.25, 0.3) is 0 Å². The predicted molar refractivity (Wildman–Crippen MR) is 72.3 cm³/mol. The first kappa shape index (κ1) is 12.9. The molecular formula is C15H21NO2. The molecule has 0 bridgehead atoms. The van der Waals surface area contributed by atoms with Crippen LogP contribution in [0.15, 0.2) is 24.3 Å². The second-order valence-electron chi connectivity index (χ2n) is 5.08. The van der Waals surface area contributed by atoms with E-state index in [0.29, 0.717) is 11.3 Å². The van der Waals surface area contributed by atoms with Crippen molar-refractivity contribution in [1.82, 2.24) is 0 Å². The van der Waals surface area contributed by atoms with E-state index in [1.54, 1.807) is 24.3 Å². The van der Waals surface area contributed by atoms with Crippen LogP contribution >= 0.6 is 0 Å². The Kier molecular flexibility index (Phi) is 4.24. The van der Waals surface area contributed by atoms with E-state index in [2.05, 4.69) is 6.92 Å². The highest BCUT2D eigenvalue weighted by atomic mass is 16.5. The molecule has 0 heterocycles. The van der Waals surface area contributed by atoms with E-state index < -0.39 is 0 Å². The second kappa shape index (κ2) is 5.89. The van der Waals surface area contributed by atoms with E-state index in [-0.39, 0.29) is 12.1 Å². The van der Waals surface area contributed by atoms with Crippen LogP contribution in [0, 0.1) is 5.92 Å². The fourth-order valence-electron chi connectivity index (χ4n) is 2.50. The molecule has 0 unspecified atom stereocenters. The molecule has 3 nitrogen and oxygen atoms in total. The summed E-state index contributed by atoms with van der Waals surface area (Å²) in [5.41, 5.74) is 6.84. The first-order chi connectivity index (χ1) is 8.69. The molecule has 1 aliphatic rings. The van der Waals surface area contributed by atoms with Crippen molar-refractivity contribution in [2.75, 3.05) is 5.73 Å². The smallest absolute Gasteiger partial charge is 0.338 e. The second-order valence-corrected chi connectivity index (χ2v) is 5.08. The van der Waals surface area contributed by atoms with Crippen molar-refractivity contribution in [2.24, 2.45) is 5.92 Å². The standard InChI is InChI=1S/C15H21NO2/c1-2-11-3-9-14(10-4-11)18-15(17)12-5-7-13(16)8-6-12/h5-8,11,14H,2-4,9-10,16H2,1H3. The number of hydrogen-bond donors (Lipinski definition) is 1. The predicted octanol–water partition coefficient (Wildman–Crippen LogP) is 3.39. The third kappa shape index (κ3) is 3.25. The normalized spacial score (nSPS) is 23.6. The highest BCUT2D eigenvalue weighted by Gasteiger charge is 2.23. The molecule has 1 aromatic rings. The number of rotatable bonds is 3. The van der Waals surface area contributed by atoms with Gasteiger partial charge in [0.05, 0.1) is 5.56 Å². The largest absolute Gasteiger partial charge is 0.459 e. The fraction of sp³-hybridized carbons (Fsp3) is 0.533.